The third-order valence-corrected chi connectivity index (χ3v) is 6.75. The Morgan fingerprint density at radius 1 is 1.26 bits per heavy atom. The molecule has 1 aromatic heterocycles. The first kappa shape index (κ1) is 21.2. The summed E-state index contributed by atoms with van der Waals surface area (Å²) >= 11 is 6.02. The molecule has 0 amide bonds. The minimum absolute atomic E-state index is 0.0745. The number of aromatic nitrogens is 2. The van der Waals surface area contributed by atoms with Gasteiger partial charge in [-0.2, -0.15) is 0 Å². The van der Waals surface area contributed by atoms with E-state index in [-0.39, 0.29) is 32.5 Å². The molecular weight excluding hydrogens is 390 g/mol. The molecule has 0 aliphatic carbocycles. The lowest BCUT2D eigenvalue weighted by atomic mass is 9.89. The summed E-state index contributed by atoms with van der Waals surface area (Å²) in [7, 11) is -3.81. The average Bonchev–Trinajstić information content (AvgIpc) is 2.52. The number of halogens is 1. The van der Waals surface area contributed by atoms with Crippen molar-refractivity contribution in [3.05, 3.63) is 38.8 Å². The lowest BCUT2D eigenvalue weighted by molar-refractivity contribution is 0.460. The Kier molecular flexibility index (Phi) is 5.64. The van der Waals surface area contributed by atoms with E-state index < -0.39 is 20.8 Å². The van der Waals surface area contributed by atoms with E-state index in [1.54, 1.807) is 6.92 Å². The van der Waals surface area contributed by atoms with E-state index in [1.165, 1.54) is 26.0 Å². The molecule has 7 nitrogen and oxygen atoms in total. The molecule has 0 fully saturated rings. The first-order valence-corrected chi connectivity index (χ1v) is 10.3. The lowest BCUT2D eigenvalue weighted by Crippen LogP contribution is -2.24. The van der Waals surface area contributed by atoms with Crippen molar-refractivity contribution in [3.8, 4) is 5.75 Å². The number of aromatic amines is 1. The van der Waals surface area contributed by atoms with Crippen LogP contribution in [0.15, 0.2) is 21.8 Å². The van der Waals surface area contributed by atoms with Gasteiger partial charge in [0.15, 0.2) is 15.6 Å². The summed E-state index contributed by atoms with van der Waals surface area (Å²) < 4.78 is 25.0. The SMILES string of the molecule is Cc1c(C(C)(C)C)nc(Nc2ccc(Cl)c(S(=O)(=O)C(C)C)c2O)[nH]c1=O. The van der Waals surface area contributed by atoms with E-state index in [1.807, 2.05) is 20.8 Å². The highest BCUT2D eigenvalue weighted by molar-refractivity contribution is 7.92. The predicted molar refractivity (Wildman–Crippen MR) is 107 cm³/mol. The minimum Gasteiger partial charge on any atom is -0.504 e. The zero-order valence-corrected chi connectivity index (χ0v) is 17.7. The maximum Gasteiger partial charge on any atom is 0.255 e. The van der Waals surface area contributed by atoms with Crippen molar-refractivity contribution in [1.82, 2.24) is 9.97 Å². The van der Waals surface area contributed by atoms with Crippen LogP contribution in [-0.2, 0) is 15.3 Å². The van der Waals surface area contributed by atoms with Gasteiger partial charge in [-0.1, -0.05) is 32.4 Å². The van der Waals surface area contributed by atoms with Crippen LogP contribution in [0.3, 0.4) is 0 Å². The smallest absolute Gasteiger partial charge is 0.255 e. The number of H-pyrrole nitrogens is 1. The molecule has 0 saturated heterocycles. The molecule has 3 N–H and O–H groups in total. The van der Waals surface area contributed by atoms with Gasteiger partial charge in [0, 0.05) is 11.0 Å². The van der Waals surface area contributed by atoms with E-state index in [4.69, 9.17) is 11.6 Å². The molecule has 9 heteroatoms. The fourth-order valence-electron chi connectivity index (χ4n) is 2.60. The molecule has 0 atom stereocenters. The third kappa shape index (κ3) is 4.11. The van der Waals surface area contributed by atoms with E-state index in [0.717, 1.165) is 0 Å². The number of nitrogens with one attached hydrogen (secondary N) is 2. The number of phenolic OH excluding ortho intramolecular Hbond substituents is 1. The Hall–Kier alpha value is -2.06. The summed E-state index contributed by atoms with van der Waals surface area (Å²) in [6.45, 7) is 10.5. The number of nitrogens with zero attached hydrogens (tertiary/aromatic N) is 1. The molecule has 148 valence electrons. The summed E-state index contributed by atoms with van der Waals surface area (Å²) in [4.78, 5) is 18.9. The van der Waals surface area contributed by atoms with Gasteiger partial charge in [-0.15, -0.1) is 0 Å². The fourth-order valence-corrected chi connectivity index (χ4v) is 4.27. The Labute approximate surface area is 163 Å². The number of benzene rings is 1. The second kappa shape index (κ2) is 7.16. The molecule has 2 aromatic rings. The molecule has 0 radical (unpaired) electrons. The summed E-state index contributed by atoms with van der Waals surface area (Å²) in [6.07, 6.45) is 0. The van der Waals surface area contributed by atoms with Gasteiger partial charge in [0.1, 0.15) is 4.90 Å². The Bertz CT molecular complexity index is 1040. The zero-order valence-electron chi connectivity index (χ0n) is 16.1. The van der Waals surface area contributed by atoms with Crippen LogP contribution in [-0.4, -0.2) is 28.7 Å². The second-order valence-electron chi connectivity index (χ2n) is 7.63. The topological polar surface area (TPSA) is 112 Å². The molecule has 2 rings (SSSR count). The number of hydrogen-bond donors (Lipinski definition) is 3. The van der Waals surface area contributed by atoms with Gasteiger partial charge in [-0.3, -0.25) is 9.78 Å². The monoisotopic (exact) mass is 413 g/mol. The van der Waals surface area contributed by atoms with Crippen LogP contribution in [0.5, 0.6) is 5.75 Å². The first-order chi connectivity index (χ1) is 12.3. The Balaban J connectivity index is 2.61. The summed E-state index contributed by atoms with van der Waals surface area (Å²) in [5.74, 6) is -0.419. The Morgan fingerprint density at radius 2 is 1.85 bits per heavy atom. The average molecular weight is 414 g/mol. The third-order valence-electron chi connectivity index (χ3n) is 4.10. The first-order valence-electron chi connectivity index (χ1n) is 8.40. The number of phenols is 1. The summed E-state index contributed by atoms with van der Waals surface area (Å²) in [5.41, 5.74) is 0.475. The van der Waals surface area contributed by atoms with Crippen LogP contribution < -0.4 is 10.9 Å². The maximum atomic E-state index is 12.5. The van der Waals surface area contributed by atoms with Gasteiger partial charge in [0.2, 0.25) is 5.95 Å². The van der Waals surface area contributed by atoms with Crippen molar-refractivity contribution in [2.75, 3.05) is 5.32 Å². The number of aromatic hydroxyl groups is 1. The van der Waals surface area contributed by atoms with Gasteiger partial charge in [0.25, 0.3) is 5.56 Å². The molecule has 0 aliphatic rings. The molecule has 0 spiro atoms. The molecule has 0 bridgehead atoms. The number of anilines is 2. The molecule has 1 heterocycles. The Morgan fingerprint density at radius 3 is 2.37 bits per heavy atom. The highest BCUT2D eigenvalue weighted by Gasteiger charge is 2.28. The van der Waals surface area contributed by atoms with Gasteiger partial charge in [0.05, 0.1) is 21.7 Å². The zero-order chi connectivity index (χ0) is 20.7. The number of sulfone groups is 1. The van der Waals surface area contributed by atoms with Crippen molar-refractivity contribution < 1.29 is 13.5 Å². The van der Waals surface area contributed by atoms with Crippen LogP contribution in [0.2, 0.25) is 5.02 Å². The molecule has 27 heavy (non-hydrogen) atoms. The van der Waals surface area contributed by atoms with E-state index in [0.29, 0.717) is 11.3 Å². The van der Waals surface area contributed by atoms with E-state index in [2.05, 4.69) is 15.3 Å². The highest BCUT2D eigenvalue weighted by Crippen LogP contribution is 2.39. The number of hydrogen-bond acceptors (Lipinski definition) is 6. The minimum atomic E-state index is -3.81. The largest absolute Gasteiger partial charge is 0.504 e. The lowest BCUT2D eigenvalue weighted by Gasteiger charge is -2.21. The molecular formula is C18H24ClN3O4S. The molecule has 0 aliphatic heterocycles. The second-order valence-corrected chi connectivity index (χ2v) is 10.5. The van der Waals surface area contributed by atoms with Crippen molar-refractivity contribution in [3.63, 3.8) is 0 Å². The standard InChI is InChI=1S/C18H24ClN3O4S/c1-9(2)27(25,26)14-11(19)7-8-12(13(14)23)20-17-21-15(18(4,5)6)10(3)16(24)22-17/h7-9,23H,1-6H3,(H2,20,21,22,24). The van der Waals surface area contributed by atoms with Gasteiger partial charge in [-0.05, 0) is 32.9 Å². The maximum absolute atomic E-state index is 12.5. The molecule has 0 unspecified atom stereocenters. The summed E-state index contributed by atoms with van der Waals surface area (Å²) in [6, 6.07) is 2.80. The van der Waals surface area contributed by atoms with E-state index >= 15 is 0 Å². The van der Waals surface area contributed by atoms with Crippen molar-refractivity contribution >= 4 is 33.1 Å². The van der Waals surface area contributed by atoms with Crippen LogP contribution in [0.25, 0.3) is 0 Å². The normalized spacial score (nSPS) is 12.4. The van der Waals surface area contributed by atoms with Crippen LogP contribution in [0, 0.1) is 6.92 Å². The van der Waals surface area contributed by atoms with Crippen molar-refractivity contribution in [1.29, 1.82) is 0 Å². The highest BCUT2D eigenvalue weighted by atomic mass is 35.5. The van der Waals surface area contributed by atoms with Crippen LogP contribution in [0.4, 0.5) is 11.6 Å². The van der Waals surface area contributed by atoms with E-state index in [9.17, 15) is 18.3 Å². The van der Waals surface area contributed by atoms with Gasteiger partial charge < -0.3 is 10.4 Å². The van der Waals surface area contributed by atoms with Crippen LogP contribution >= 0.6 is 11.6 Å². The number of rotatable bonds is 4. The molecule has 0 saturated carbocycles. The predicted octanol–water partition coefficient (Wildman–Crippen LogP) is 3.66. The van der Waals surface area contributed by atoms with Crippen LogP contribution in [0.1, 0.15) is 45.9 Å². The van der Waals surface area contributed by atoms with Crippen molar-refractivity contribution in [2.45, 2.75) is 57.1 Å². The quantitative estimate of drug-likeness (QED) is 0.659. The molecule has 1 aromatic carbocycles. The van der Waals surface area contributed by atoms with Gasteiger partial charge >= 0.3 is 0 Å². The summed E-state index contributed by atoms with van der Waals surface area (Å²) in [5, 5.41) is 12.5. The van der Waals surface area contributed by atoms with Crippen molar-refractivity contribution in [2.24, 2.45) is 0 Å². The van der Waals surface area contributed by atoms with Gasteiger partial charge in [-0.25, -0.2) is 13.4 Å². The fraction of sp³-hybridized carbons (Fsp3) is 0.444.